The minimum atomic E-state index is -0.734. The standard InChI is InChI=1S/C31H44F2O/c1-3-4-5-6-7-8-9-10-23-34-28-20-17-26(18-21-28)29-22-19-27(30(32)31(29)33)16-15-25-13-11-24(2)12-14-25/h17-22,24-25H,3-16,23H2,1-2H3. The van der Waals surface area contributed by atoms with Crippen LogP contribution in [0.2, 0.25) is 0 Å². The highest BCUT2D eigenvalue weighted by Crippen LogP contribution is 2.33. The molecule has 0 bridgehead atoms. The average Bonchev–Trinajstić information content (AvgIpc) is 2.85. The lowest BCUT2D eigenvalue weighted by Crippen LogP contribution is -2.13. The molecule has 1 nitrogen and oxygen atoms in total. The number of hydrogen-bond acceptors (Lipinski definition) is 1. The largest absolute Gasteiger partial charge is 0.494 e. The molecule has 2 aromatic carbocycles. The summed E-state index contributed by atoms with van der Waals surface area (Å²) < 4.78 is 35.5. The van der Waals surface area contributed by atoms with E-state index >= 15 is 0 Å². The van der Waals surface area contributed by atoms with Crippen molar-refractivity contribution >= 4 is 0 Å². The zero-order chi connectivity index (χ0) is 24.2. The molecule has 0 aliphatic heterocycles. The Morgan fingerprint density at radius 3 is 2.09 bits per heavy atom. The van der Waals surface area contributed by atoms with Gasteiger partial charge in [-0.2, -0.15) is 0 Å². The molecule has 1 aliphatic carbocycles. The number of aryl methyl sites for hydroxylation is 1. The van der Waals surface area contributed by atoms with Gasteiger partial charge in [0, 0.05) is 5.56 Å². The summed E-state index contributed by atoms with van der Waals surface area (Å²) in [5, 5.41) is 0. The molecule has 0 aromatic heterocycles. The highest BCUT2D eigenvalue weighted by molar-refractivity contribution is 5.65. The first-order valence-corrected chi connectivity index (χ1v) is 13.8. The number of benzene rings is 2. The Hall–Kier alpha value is -1.90. The molecule has 0 amide bonds. The Morgan fingerprint density at radius 2 is 1.41 bits per heavy atom. The SMILES string of the molecule is CCCCCCCCCCOc1ccc(-c2ccc(CCC3CCC(C)CC3)c(F)c2F)cc1. The topological polar surface area (TPSA) is 9.23 Å². The van der Waals surface area contributed by atoms with Gasteiger partial charge in [-0.05, 0) is 54.4 Å². The van der Waals surface area contributed by atoms with E-state index in [1.54, 1.807) is 12.1 Å². The third-order valence-corrected chi connectivity index (χ3v) is 7.55. The molecule has 3 heteroatoms. The van der Waals surface area contributed by atoms with Gasteiger partial charge in [0.15, 0.2) is 11.6 Å². The summed E-state index contributed by atoms with van der Waals surface area (Å²) in [6, 6.07) is 10.9. The monoisotopic (exact) mass is 470 g/mol. The van der Waals surface area contributed by atoms with Crippen molar-refractivity contribution in [2.45, 2.75) is 104 Å². The molecule has 0 unspecified atom stereocenters. The van der Waals surface area contributed by atoms with Gasteiger partial charge in [-0.25, -0.2) is 8.78 Å². The van der Waals surface area contributed by atoms with E-state index in [9.17, 15) is 8.78 Å². The zero-order valence-corrected chi connectivity index (χ0v) is 21.4. The van der Waals surface area contributed by atoms with Crippen LogP contribution in [0.5, 0.6) is 5.75 Å². The average molecular weight is 471 g/mol. The van der Waals surface area contributed by atoms with E-state index in [4.69, 9.17) is 4.74 Å². The molecule has 0 spiro atoms. The molecule has 1 saturated carbocycles. The van der Waals surface area contributed by atoms with Gasteiger partial charge < -0.3 is 4.74 Å². The Morgan fingerprint density at radius 1 is 0.765 bits per heavy atom. The molecule has 1 fully saturated rings. The van der Waals surface area contributed by atoms with E-state index in [2.05, 4.69) is 13.8 Å². The number of halogens is 2. The minimum absolute atomic E-state index is 0.322. The predicted octanol–water partition coefficient (Wildman–Crippen LogP) is 9.91. The van der Waals surface area contributed by atoms with Crippen molar-refractivity contribution in [1.82, 2.24) is 0 Å². The lowest BCUT2D eigenvalue weighted by Gasteiger charge is -2.26. The first kappa shape index (κ1) is 26.7. The molecule has 188 valence electrons. The van der Waals surface area contributed by atoms with E-state index in [1.165, 1.54) is 70.6 Å². The van der Waals surface area contributed by atoms with Crippen molar-refractivity contribution in [3.05, 3.63) is 53.6 Å². The normalized spacial score (nSPS) is 18.2. The van der Waals surface area contributed by atoms with Crippen LogP contribution in [0.1, 0.15) is 103 Å². The second-order valence-electron chi connectivity index (χ2n) is 10.4. The third kappa shape index (κ3) is 8.40. The van der Waals surface area contributed by atoms with Crippen molar-refractivity contribution in [1.29, 1.82) is 0 Å². The predicted molar refractivity (Wildman–Crippen MR) is 139 cm³/mol. The van der Waals surface area contributed by atoms with Crippen molar-refractivity contribution in [2.24, 2.45) is 11.8 Å². The molecule has 0 N–H and O–H groups in total. The maximum Gasteiger partial charge on any atom is 0.166 e. The highest BCUT2D eigenvalue weighted by Gasteiger charge is 2.20. The Balaban J connectivity index is 1.44. The van der Waals surface area contributed by atoms with Gasteiger partial charge in [0.05, 0.1) is 6.61 Å². The Bertz CT molecular complexity index is 837. The Labute approximate surface area is 206 Å². The van der Waals surface area contributed by atoms with Crippen LogP contribution in [-0.4, -0.2) is 6.61 Å². The molecule has 0 atom stereocenters. The molecule has 0 heterocycles. The first-order chi connectivity index (χ1) is 16.6. The van der Waals surface area contributed by atoms with Gasteiger partial charge in [0.2, 0.25) is 0 Å². The number of ether oxygens (including phenoxy) is 1. The molecule has 34 heavy (non-hydrogen) atoms. The van der Waals surface area contributed by atoms with Crippen LogP contribution in [-0.2, 0) is 6.42 Å². The molecule has 2 aromatic rings. The minimum Gasteiger partial charge on any atom is -0.494 e. The zero-order valence-electron chi connectivity index (χ0n) is 21.4. The lowest BCUT2D eigenvalue weighted by atomic mass is 9.80. The molecule has 1 aliphatic rings. The van der Waals surface area contributed by atoms with Crippen LogP contribution < -0.4 is 4.74 Å². The van der Waals surface area contributed by atoms with Crippen LogP contribution in [0.15, 0.2) is 36.4 Å². The van der Waals surface area contributed by atoms with E-state index < -0.39 is 11.6 Å². The van der Waals surface area contributed by atoms with Crippen molar-refractivity contribution in [3.8, 4) is 16.9 Å². The molecule has 0 radical (unpaired) electrons. The second-order valence-corrected chi connectivity index (χ2v) is 10.4. The van der Waals surface area contributed by atoms with Crippen LogP contribution >= 0.6 is 0 Å². The van der Waals surface area contributed by atoms with Crippen molar-refractivity contribution < 1.29 is 13.5 Å². The van der Waals surface area contributed by atoms with Crippen LogP contribution in [0.25, 0.3) is 11.1 Å². The summed E-state index contributed by atoms with van der Waals surface area (Å²) in [6.45, 7) is 5.25. The van der Waals surface area contributed by atoms with Gasteiger partial charge in [0.25, 0.3) is 0 Å². The summed E-state index contributed by atoms with van der Waals surface area (Å²) in [7, 11) is 0. The number of hydrogen-bond donors (Lipinski definition) is 0. The van der Waals surface area contributed by atoms with E-state index in [0.29, 0.717) is 35.6 Å². The Kier molecular flexibility index (Phi) is 11.4. The van der Waals surface area contributed by atoms with Gasteiger partial charge in [-0.3, -0.25) is 0 Å². The van der Waals surface area contributed by atoms with Crippen LogP contribution in [0.4, 0.5) is 8.78 Å². The van der Waals surface area contributed by atoms with Crippen LogP contribution in [0.3, 0.4) is 0 Å². The highest BCUT2D eigenvalue weighted by atomic mass is 19.2. The fourth-order valence-corrected chi connectivity index (χ4v) is 5.14. The van der Waals surface area contributed by atoms with E-state index in [1.807, 2.05) is 24.3 Å². The second kappa shape index (κ2) is 14.5. The smallest absolute Gasteiger partial charge is 0.166 e. The number of rotatable bonds is 14. The van der Waals surface area contributed by atoms with Crippen LogP contribution in [0, 0.1) is 23.5 Å². The first-order valence-electron chi connectivity index (χ1n) is 13.8. The number of unbranched alkanes of at least 4 members (excludes halogenated alkanes) is 7. The van der Waals surface area contributed by atoms with Gasteiger partial charge in [-0.1, -0.05) is 109 Å². The molecule has 3 rings (SSSR count). The van der Waals surface area contributed by atoms with Gasteiger partial charge in [-0.15, -0.1) is 0 Å². The summed E-state index contributed by atoms with van der Waals surface area (Å²) in [6.07, 6.45) is 16.7. The quantitative estimate of drug-likeness (QED) is 0.250. The summed E-state index contributed by atoms with van der Waals surface area (Å²) in [4.78, 5) is 0. The fourth-order valence-electron chi connectivity index (χ4n) is 5.14. The molecule has 0 saturated heterocycles. The molecular formula is C31H44F2O. The summed E-state index contributed by atoms with van der Waals surface area (Å²) in [5.74, 6) is 0.827. The maximum atomic E-state index is 14.9. The van der Waals surface area contributed by atoms with Gasteiger partial charge in [0.1, 0.15) is 5.75 Å². The molecular weight excluding hydrogens is 426 g/mol. The summed E-state index contributed by atoms with van der Waals surface area (Å²) >= 11 is 0. The van der Waals surface area contributed by atoms with Crippen molar-refractivity contribution in [3.63, 3.8) is 0 Å². The van der Waals surface area contributed by atoms with Crippen molar-refractivity contribution in [2.75, 3.05) is 6.61 Å². The maximum absolute atomic E-state index is 14.9. The van der Waals surface area contributed by atoms with E-state index in [-0.39, 0.29) is 0 Å². The summed E-state index contributed by atoms with van der Waals surface area (Å²) in [5.41, 5.74) is 1.51. The fraction of sp³-hybridized carbons (Fsp3) is 0.613. The third-order valence-electron chi connectivity index (χ3n) is 7.55. The van der Waals surface area contributed by atoms with E-state index in [0.717, 1.165) is 24.5 Å². The van der Waals surface area contributed by atoms with Gasteiger partial charge >= 0.3 is 0 Å². The lowest BCUT2D eigenvalue weighted by molar-refractivity contribution is 0.277.